The van der Waals surface area contributed by atoms with Gasteiger partial charge in [0.1, 0.15) is 11.5 Å². The van der Waals surface area contributed by atoms with E-state index in [1.54, 1.807) is 31.3 Å². The third-order valence-corrected chi connectivity index (χ3v) is 3.73. The first-order valence-corrected chi connectivity index (χ1v) is 7.66. The number of nitrogens with zero attached hydrogens (tertiary/aromatic N) is 3. The Morgan fingerprint density at radius 2 is 2.20 bits per heavy atom. The summed E-state index contributed by atoms with van der Waals surface area (Å²) < 4.78 is 26.0. The van der Waals surface area contributed by atoms with Gasteiger partial charge in [-0.1, -0.05) is 12.1 Å². The van der Waals surface area contributed by atoms with Crippen LogP contribution in [0.5, 0.6) is 0 Å². The molecule has 0 aliphatic carbocycles. The molecule has 3 aromatic rings. The number of halogens is 1. The lowest BCUT2D eigenvalue weighted by molar-refractivity contribution is -0.0130. The van der Waals surface area contributed by atoms with Crippen molar-refractivity contribution >= 4 is 11.7 Å². The van der Waals surface area contributed by atoms with Gasteiger partial charge in [0.25, 0.3) is 0 Å². The summed E-state index contributed by atoms with van der Waals surface area (Å²) in [7, 11) is 1.40. The molecule has 25 heavy (non-hydrogen) atoms. The molecule has 2 aromatic heterocycles. The molecule has 1 unspecified atom stereocenters. The van der Waals surface area contributed by atoms with Crippen molar-refractivity contribution in [2.75, 3.05) is 13.7 Å². The Labute approximate surface area is 143 Å². The van der Waals surface area contributed by atoms with Gasteiger partial charge in [-0.2, -0.15) is 5.10 Å². The molecule has 0 fully saturated rings. The third-order valence-electron chi connectivity index (χ3n) is 3.73. The molecule has 0 radical (unpaired) electrons. The molecule has 0 bridgehead atoms. The van der Waals surface area contributed by atoms with Crippen molar-refractivity contribution in [1.29, 1.82) is 0 Å². The lowest BCUT2D eigenvalue weighted by Crippen LogP contribution is -2.49. The van der Waals surface area contributed by atoms with Crippen molar-refractivity contribution < 1.29 is 18.7 Å². The van der Waals surface area contributed by atoms with E-state index in [9.17, 15) is 9.18 Å². The fourth-order valence-electron chi connectivity index (χ4n) is 2.65. The van der Waals surface area contributed by atoms with Gasteiger partial charge in [-0.3, -0.25) is 5.32 Å². The van der Waals surface area contributed by atoms with Crippen LogP contribution in [0.1, 0.15) is 18.2 Å². The van der Waals surface area contributed by atoms with Crippen molar-refractivity contribution in [3.8, 4) is 0 Å². The first-order valence-electron chi connectivity index (χ1n) is 7.66. The zero-order valence-corrected chi connectivity index (χ0v) is 13.8. The second kappa shape index (κ2) is 6.86. The van der Waals surface area contributed by atoms with E-state index in [1.807, 2.05) is 0 Å². The highest BCUT2D eigenvalue weighted by Crippen LogP contribution is 2.31. The number of imidazole rings is 1. The average molecular weight is 344 g/mol. The average Bonchev–Trinajstić information content (AvgIpc) is 3.04. The number of ether oxygens (including phenoxy) is 2. The van der Waals surface area contributed by atoms with E-state index in [1.165, 1.54) is 36.0 Å². The van der Waals surface area contributed by atoms with E-state index < -0.39 is 17.6 Å². The Kier molecular flexibility index (Phi) is 4.62. The Bertz CT molecular complexity index is 898. The molecule has 130 valence electrons. The lowest BCUT2D eigenvalue weighted by atomic mass is 9.99. The molecule has 1 aromatic carbocycles. The molecule has 0 aliphatic heterocycles. The van der Waals surface area contributed by atoms with E-state index in [0.717, 1.165) is 0 Å². The van der Waals surface area contributed by atoms with Crippen molar-refractivity contribution in [3.63, 3.8) is 0 Å². The molecule has 0 aliphatic rings. The number of alkyl carbamates (subject to hydrolysis) is 1. The maximum atomic E-state index is 13.8. The van der Waals surface area contributed by atoms with Gasteiger partial charge in [-0.15, -0.1) is 0 Å². The Balaban J connectivity index is 2.22. The summed E-state index contributed by atoms with van der Waals surface area (Å²) in [6.07, 6.45) is 2.39. The van der Waals surface area contributed by atoms with Gasteiger partial charge < -0.3 is 9.47 Å². The van der Waals surface area contributed by atoms with Crippen LogP contribution in [0.2, 0.25) is 0 Å². The summed E-state index contributed by atoms with van der Waals surface area (Å²) in [6, 6.07) is 9.25. The van der Waals surface area contributed by atoms with E-state index >= 15 is 0 Å². The molecular formula is C17H17FN4O3. The minimum atomic E-state index is -1.53. The first kappa shape index (κ1) is 16.8. The first-order chi connectivity index (χ1) is 12.1. The minimum absolute atomic E-state index is 0.181. The fraction of sp³-hybridized carbons (Fsp3) is 0.235. The van der Waals surface area contributed by atoms with Gasteiger partial charge in [0, 0.05) is 18.9 Å². The van der Waals surface area contributed by atoms with Crippen molar-refractivity contribution in [2.45, 2.75) is 12.6 Å². The predicted molar refractivity (Wildman–Crippen MR) is 87.3 cm³/mol. The second-order valence-corrected chi connectivity index (χ2v) is 5.18. The largest absolute Gasteiger partial charge is 0.450 e. The van der Waals surface area contributed by atoms with Crippen LogP contribution in [-0.2, 0) is 15.2 Å². The van der Waals surface area contributed by atoms with Gasteiger partial charge in [-0.25, -0.2) is 18.7 Å². The van der Waals surface area contributed by atoms with Crippen LogP contribution in [0, 0.1) is 5.82 Å². The number of carbonyl (C=O) groups excluding carboxylic acids is 1. The summed E-state index contributed by atoms with van der Waals surface area (Å²) in [5.74, 6) is -0.466. The molecule has 2 heterocycles. The van der Waals surface area contributed by atoms with Crippen LogP contribution < -0.4 is 5.32 Å². The van der Waals surface area contributed by atoms with Gasteiger partial charge in [0.2, 0.25) is 5.72 Å². The molecule has 0 saturated carbocycles. The highest BCUT2D eigenvalue weighted by atomic mass is 19.1. The molecule has 0 spiro atoms. The molecule has 1 amide bonds. The van der Waals surface area contributed by atoms with E-state index in [0.29, 0.717) is 16.9 Å². The Morgan fingerprint density at radius 1 is 1.36 bits per heavy atom. The monoisotopic (exact) mass is 344 g/mol. The number of hydrogen-bond acceptors (Lipinski definition) is 5. The SMILES string of the molecule is CCOC(=O)NC(OC)(c1cccc(F)c1)c1cnc2cccnn12. The number of benzene rings is 1. The molecule has 7 nitrogen and oxygen atoms in total. The highest BCUT2D eigenvalue weighted by molar-refractivity contribution is 5.69. The summed E-state index contributed by atoms with van der Waals surface area (Å²) in [5.41, 5.74) is -0.192. The number of hydrogen-bond donors (Lipinski definition) is 1. The van der Waals surface area contributed by atoms with E-state index in [2.05, 4.69) is 15.4 Å². The van der Waals surface area contributed by atoms with E-state index in [-0.39, 0.29) is 6.61 Å². The standard InChI is InChI=1S/C17H17FN4O3/c1-3-25-16(23)21-17(24-2,12-6-4-7-13(18)10-12)14-11-19-15-8-5-9-20-22(14)15/h4-11H,3H2,1-2H3,(H,21,23). The smallest absolute Gasteiger partial charge is 0.409 e. The van der Waals surface area contributed by atoms with Gasteiger partial charge in [0.05, 0.1) is 12.8 Å². The van der Waals surface area contributed by atoms with Gasteiger partial charge in [0.15, 0.2) is 5.65 Å². The third kappa shape index (κ3) is 3.03. The number of nitrogens with one attached hydrogen (secondary N) is 1. The zero-order chi connectivity index (χ0) is 17.9. The lowest BCUT2D eigenvalue weighted by Gasteiger charge is -2.32. The highest BCUT2D eigenvalue weighted by Gasteiger charge is 2.40. The summed E-state index contributed by atoms with van der Waals surface area (Å²) in [5, 5.41) is 6.91. The topological polar surface area (TPSA) is 77.8 Å². The number of methoxy groups -OCH3 is 1. The van der Waals surface area contributed by atoms with Gasteiger partial charge >= 0.3 is 6.09 Å². The van der Waals surface area contributed by atoms with Crippen molar-refractivity contribution in [3.05, 3.63) is 65.9 Å². The summed E-state index contributed by atoms with van der Waals surface area (Å²) in [4.78, 5) is 16.4. The van der Waals surface area contributed by atoms with E-state index in [4.69, 9.17) is 9.47 Å². The Morgan fingerprint density at radius 3 is 2.92 bits per heavy atom. The molecule has 1 N–H and O–H groups in total. The number of aromatic nitrogens is 3. The number of rotatable bonds is 5. The molecule has 0 saturated heterocycles. The number of amides is 1. The predicted octanol–water partition coefficient (Wildman–Crippen LogP) is 2.46. The van der Waals surface area contributed by atoms with Crippen LogP contribution in [-0.4, -0.2) is 34.4 Å². The zero-order valence-electron chi connectivity index (χ0n) is 13.8. The Hall–Kier alpha value is -3.00. The van der Waals surface area contributed by atoms with Crippen molar-refractivity contribution in [1.82, 2.24) is 19.9 Å². The van der Waals surface area contributed by atoms with Crippen molar-refractivity contribution in [2.24, 2.45) is 0 Å². The summed E-state index contributed by atoms with van der Waals surface area (Å²) >= 11 is 0. The molecule has 3 rings (SSSR count). The molecule has 1 atom stereocenters. The normalized spacial score (nSPS) is 13.4. The molecular weight excluding hydrogens is 327 g/mol. The fourth-order valence-corrected chi connectivity index (χ4v) is 2.65. The maximum Gasteiger partial charge on any atom is 0.409 e. The molecule has 8 heteroatoms. The van der Waals surface area contributed by atoms with Crippen LogP contribution in [0.4, 0.5) is 9.18 Å². The van der Waals surface area contributed by atoms with Crippen LogP contribution in [0.3, 0.4) is 0 Å². The van der Waals surface area contributed by atoms with Crippen LogP contribution in [0.15, 0.2) is 48.8 Å². The second-order valence-electron chi connectivity index (χ2n) is 5.18. The number of carbonyl (C=O) groups is 1. The van der Waals surface area contributed by atoms with Crippen LogP contribution >= 0.6 is 0 Å². The maximum absolute atomic E-state index is 13.8. The number of fused-ring (bicyclic) bond motifs is 1. The summed E-state index contributed by atoms with van der Waals surface area (Å²) in [6.45, 7) is 1.87. The minimum Gasteiger partial charge on any atom is -0.450 e. The van der Waals surface area contributed by atoms with Crippen LogP contribution in [0.25, 0.3) is 5.65 Å². The quantitative estimate of drug-likeness (QED) is 0.720. The van der Waals surface area contributed by atoms with Gasteiger partial charge in [-0.05, 0) is 31.2 Å².